The fraction of sp³-hybridized carbons (Fsp3) is 0.462. The molecule has 0 radical (unpaired) electrons. The Morgan fingerprint density at radius 3 is 2.95 bits per heavy atom. The first-order valence-electron chi connectivity index (χ1n) is 6.33. The monoisotopic (exact) mass is 278 g/mol. The summed E-state index contributed by atoms with van der Waals surface area (Å²) in [4.78, 5) is 13.0. The first-order valence-corrected chi connectivity index (χ1v) is 7.21. The highest BCUT2D eigenvalue weighted by Crippen LogP contribution is 2.21. The van der Waals surface area contributed by atoms with Gasteiger partial charge in [-0.05, 0) is 20.3 Å². The molecule has 19 heavy (non-hydrogen) atoms. The minimum Gasteiger partial charge on any atom is -0.478 e. The number of aromatic nitrogens is 3. The zero-order valence-electron chi connectivity index (χ0n) is 11.4. The van der Waals surface area contributed by atoms with Crippen molar-refractivity contribution in [2.24, 2.45) is 0 Å². The molecule has 6 heteroatoms. The van der Waals surface area contributed by atoms with E-state index in [1.807, 2.05) is 19.2 Å². The van der Waals surface area contributed by atoms with Gasteiger partial charge in [0.15, 0.2) is 0 Å². The Balaban J connectivity index is 2.02. The van der Waals surface area contributed by atoms with Crippen LogP contribution in [-0.2, 0) is 0 Å². The molecular formula is C13H18N4OS. The Hall–Kier alpha value is -1.69. The van der Waals surface area contributed by atoms with Gasteiger partial charge in [-0.3, -0.25) is 0 Å². The molecule has 5 nitrogen and oxygen atoms in total. The lowest BCUT2D eigenvalue weighted by Gasteiger charge is -2.11. The van der Waals surface area contributed by atoms with Crippen LogP contribution in [0.2, 0.25) is 0 Å². The van der Waals surface area contributed by atoms with Crippen LogP contribution in [-0.4, -0.2) is 21.6 Å². The maximum absolute atomic E-state index is 5.48. The predicted molar refractivity (Wildman–Crippen MR) is 76.7 cm³/mol. The summed E-state index contributed by atoms with van der Waals surface area (Å²) in [5.74, 6) is 1.16. The zero-order chi connectivity index (χ0) is 13.7. The number of thiazole rings is 1. The zero-order valence-corrected chi connectivity index (χ0v) is 12.2. The van der Waals surface area contributed by atoms with E-state index in [9.17, 15) is 0 Å². The molecule has 0 fully saturated rings. The largest absolute Gasteiger partial charge is 0.478 e. The lowest BCUT2D eigenvalue weighted by atomic mass is 10.3. The summed E-state index contributed by atoms with van der Waals surface area (Å²) in [5, 5.41) is 6.30. The van der Waals surface area contributed by atoms with E-state index >= 15 is 0 Å². The second-order valence-corrected chi connectivity index (χ2v) is 5.15. The first-order chi connectivity index (χ1) is 9.19. The van der Waals surface area contributed by atoms with Gasteiger partial charge in [0.2, 0.25) is 11.8 Å². The van der Waals surface area contributed by atoms with Crippen molar-refractivity contribution in [3.8, 4) is 5.88 Å². The van der Waals surface area contributed by atoms with E-state index in [-0.39, 0.29) is 6.04 Å². The number of rotatable bonds is 6. The quantitative estimate of drug-likeness (QED) is 0.879. The van der Waals surface area contributed by atoms with Crippen LogP contribution in [0.25, 0.3) is 0 Å². The second kappa shape index (κ2) is 6.47. The van der Waals surface area contributed by atoms with Crippen LogP contribution in [0.5, 0.6) is 5.88 Å². The SMILES string of the molecule is CCCOc1ccnc(NC(C)c2nc(C)cs2)n1. The van der Waals surface area contributed by atoms with Crippen molar-refractivity contribution in [1.29, 1.82) is 0 Å². The Labute approximate surface area is 117 Å². The maximum atomic E-state index is 5.48. The molecule has 0 saturated heterocycles. The molecule has 0 saturated carbocycles. The summed E-state index contributed by atoms with van der Waals surface area (Å²) >= 11 is 1.63. The third-order valence-electron chi connectivity index (χ3n) is 2.44. The lowest BCUT2D eigenvalue weighted by Crippen LogP contribution is -2.10. The fourth-order valence-electron chi connectivity index (χ4n) is 1.53. The van der Waals surface area contributed by atoms with E-state index < -0.39 is 0 Å². The molecule has 2 aromatic rings. The standard InChI is InChI=1S/C13H18N4OS/c1-4-7-18-11-5-6-14-13(17-11)16-10(3)12-15-9(2)8-19-12/h5-6,8,10H,4,7H2,1-3H3,(H,14,16,17). The molecule has 0 spiro atoms. The summed E-state index contributed by atoms with van der Waals surface area (Å²) in [6.07, 6.45) is 2.65. The Morgan fingerprint density at radius 2 is 2.26 bits per heavy atom. The Bertz CT molecular complexity index is 529. The fourth-order valence-corrected chi connectivity index (χ4v) is 2.33. The van der Waals surface area contributed by atoms with Gasteiger partial charge in [0.25, 0.3) is 0 Å². The molecule has 1 N–H and O–H groups in total. The van der Waals surface area contributed by atoms with Crippen molar-refractivity contribution in [1.82, 2.24) is 15.0 Å². The minimum atomic E-state index is 0.0834. The summed E-state index contributed by atoms with van der Waals surface area (Å²) < 4.78 is 5.48. The highest BCUT2D eigenvalue weighted by molar-refractivity contribution is 7.09. The van der Waals surface area contributed by atoms with Crippen LogP contribution < -0.4 is 10.1 Å². The van der Waals surface area contributed by atoms with Crippen LogP contribution in [0.1, 0.15) is 37.0 Å². The van der Waals surface area contributed by atoms with Crippen molar-refractivity contribution in [3.05, 3.63) is 28.3 Å². The van der Waals surface area contributed by atoms with Gasteiger partial charge in [-0.15, -0.1) is 11.3 Å². The molecule has 102 valence electrons. The van der Waals surface area contributed by atoms with Gasteiger partial charge in [-0.1, -0.05) is 6.92 Å². The Kier molecular flexibility index (Phi) is 4.68. The number of anilines is 1. The van der Waals surface area contributed by atoms with Gasteiger partial charge in [0, 0.05) is 23.3 Å². The molecule has 0 aliphatic rings. The van der Waals surface area contributed by atoms with E-state index in [1.54, 1.807) is 23.6 Å². The number of hydrogen-bond acceptors (Lipinski definition) is 6. The van der Waals surface area contributed by atoms with Gasteiger partial charge in [0.05, 0.1) is 12.6 Å². The van der Waals surface area contributed by atoms with Crippen LogP contribution in [0.4, 0.5) is 5.95 Å². The Morgan fingerprint density at radius 1 is 1.42 bits per heavy atom. The molecule has 1 unspecified atom stereocenters. The van der Waals surface area contributed by atoms with Gasteiger partial charge in [-0.2, -0.15) is 4.98 Å². The summed E-state index contributed by atoms with van der Waals surface area (Å²) in [6, 6.07) is 1.85. The summed E-state index contributed by atoms with van der Waals surface area (Å²) in [6.45, 7) is 6.76. The number of hydrogen-bond donors (Lipinski definition) is 1. The molecule has 0 aliphatic carbocycles. The number of nitrogens with zero attached hydrogens (tertiary/aromatic N) is 3. The smallest absolute Gasteiger partial charge is 0.226 e. The third-order valence-corrected chi connectivity index (χ3v) is 3.58. The molecule has 2 rings (SSSR count). The van der Waals surface area contributed by atoms with Gasteiger partial charge in [0.1, 0.15) is 5.01 Å². The molecule has 0 aromatic carbocycles. The van der Waals surface area contributed by atoms with E-state index in [2.05, 4.69) is 27.2 Å². The molecule has 0 amide bonds. The summed E-state index contributed by atoms with van der Waals surface area (Å²) in [5.41, 5.74) is 1.04. The first kappa shape index (κ1) is 13.7. The van der Waals surface area contributed by atoms with Crippen LogP contribution in [0.15, 0.2) is 17.6 Å². The maximum Gasteiger partial charge on any atom is 0.226 e. The predicted octanol–water partition coefficient (Wildman–Crippen LogP) is 3.20. The third kappa shape index (κ3) is 3.89. The molecule has 0 bridgehead atoms. The highest BCUT2D eigenvalue weighted by atomic mass is 32.1. The molecule has 2 aromatic heterocycles. The number of nitrogens with one attached hydrogen (secondary N) is 1. The van der Waals surface area contributed by atoms with Crippen molar-refractivity contribution in [2.45, 2.75) is 33.2 Å². The molecule has 2 heterocycles. The number of aryl methyl sites for hydroxylation is 1. The van der Waals surface area contributed by atoms with Crippen LogP contribution in [0.3, 0.4) is 0 Å². The number of ether oxygens (including phenoxy) is 1. The lowest BCUT2D eigenvalue weighted by molar-refractivity contribution is 0.305. The second-order valence-electron chi connectivity index (χ2n) is 4.26. The van der Waals surface area contributed by atoms with Crippen molar-refractivity contribution >= 4 is 17.3 Å². The van der Waals surface area contributed by atoms with E-state index in [0.717, 1.165) is 17.1 Å². The van der Waals surface area contributed by atoms with Crippen LogP contribution in [0, 0.1) is 6.92 Å². The minimum absolute atomic E-state index is 0.0834. The van der Waals surface area contributed by atoms with E-state index in [0.29, 0.717) is 18.4 Å². The summed E-state index contributed by atoms with van der Waals surface area (Å²) in [7, 11) is 0. The average Bonchev–Trinajstić information content (AvgIpc) is 2.83. The van der Waals surface area contributed by atoms with Crippen LogP contribution >= 0.6 is 11.3 Å². The van der Waals surface area contributed by atoms with Gasteiger partial charge >= 0.3 is 0 Å². The van der Waals surface area contributed by atoms with Gasteiger partial charge < -0.3 is 10.1 Å². The van der Waals surface area contributed by atoms with Crippen molar-refractivity contribution < 1.29 is 4.74 Å². The van der Waals surface area contributed by atoms with Crippen molar-refractivity contribution in [2.75, 3.05) is 11.9 Å². The molecule has 1 atom stereocenters. The highest BCUT2D eigenvalue weighted by Gasteiger charge is 2.11. The average molecular weight is 278 g/mol. The van der Waals surface area contributed by atoms with Gasteiger partial charge in [-0.25, -0.2) is 9.97 Å². The van der Waals surface area contributed by atoms with Crippen molar-refractivity contribution in [3.63, 3.8) is 0 Å². The topological polar surface area (TPSA) is 59.9 Å². The molecular weight excluding hydrogens is 260 g/mol. The molecule has 0 aliphatic heterocycles. The van der Waals surface area contributed by atoms with E-state index in [1.165, 1.54) is 0 Å². The normalized spacial score (nSPS) is 12.2. The van der Waals surface area contributed by atoms with E-state index in [4.69, 9.17) is 4.74 Å².